The van der Waals surface area contributed by atoms with Crippen LogP contribution in [-0.2, 0) is 17.6 Å². The lowest BCUT2D eigenvalue weighted by atomic mass is 9.98. The van der Waals surface area contributed by atoms with Crippen LogP contribution in [0, 0.1) is 23.0 Å². The third-order valence-corrected chi connectivity index (χ3v) is 4.49. The molecule has 0 fully saturated rings. The molecule has 3 rings (SSSR count). The summed E-state index contributed by atoms with van der Waals surface area (Å²) >= 11 is 0. The molecule has 0 aliphatic heterocycles. The lowest BCUT2D eigenvalue weighted by molar-refractivity contribution is -0.123. The largest absolute Gasteiger partial charge is 0.484 e. The molecule has 0 radical (unpaired) electrons. The Bertz CT molecular complexity index is 1050. The quantitative estimate of drug-likeness (QED) is 0.599. The van der Waals surface area contributed by atoms with Crippen molar-refractivity contribution >= 4 is 5.91 Å². The number of halogens is 2. The highest BCUT2D eigenvalue weighted by molar-refractivity contribution is 5.78. The van der Waals surface area contributed by atoms with E-state index in [1.54, 1.807) is 48.5 Å². The number of rotatable bonds is 8. The first-order chi connectivity index (χ1) is 14.5. The van der Waals surface area contributed by atoms with Crippen molar-refractivity contribution in [3.63, 3.8) is 0 Å². The van der Waals surface area contributed by atoms with E-state index in [1.165, 1.54) is 24.3 Å². The zero-order valence-corrected chi connectivity index (χ0v) is 16.1. The van der Waals surface area contributed by atoms with Gasteiger partial charge in [0.05, 0.1) is 18.5 Å². The van der Waals surface area contributed by atoms with Gasteiger partial charge >= 0.3 is 0 Å². The minimum Gasteiger partial charge on any atom is -0.484 e. The Morgan fingerprint density at radius 2 is 1.67 bits per heavy atom. The van der Waals surface area contributed by atoms with Gasteiger partial charge in [0.25, 0.3) is 5.91 Å². The number of nitriles is 1. The number of benzene rings is 3. The van der Waals surface area contributed by atoms with E-state index in [0.29, 0.717) is 29.7 Å². The van der Waals surface area contributed by atoms with Crippen molar-refractivity contribution in [3.05, 3.63) is 101 Å². The van der Waals surface area contributed by atoms with Gasteiger partial charge in [-0.1, -0.05) is 36.4 Å². The second-order valence-corrected chi connectivity index (χ2v) is 6.78. The summed E-state index contributed by atoms with van der Waals surface area (Å²) in [7, 11) is 0. The third-order valence-electron chi connectivity index (χ3n) is 4.49. The molecular weight excluding hydrogens is 386 g/mol. The van der Waals surface area contributed by atoms with Crippen LogP contribution in [0.15, 0.2) is 72.8 Å². The molecule has 0 heterocycles. The predicted octanol–water partition coefficient (Wildman–Crippen LogP) is 4.51. The average molecular weight is 406 g/mol. The number of hydrogen-bond acceptors (Lipinski definition) is 3. The van der Waals surface area contributed by atoms with Crippen LogP contribution in [-0.4, -0.2) is 12.5 Å². The number of nitrogens with one attached hydrogen (secondary N) is 1. The number of amides is 1. The summed E-state index contributed by atoms with van der Waals surface area (Å²) in [5.41, 5.74) is 2.11. The van der Waals surface area contributed by atoms with E-state index < -0.39 is 11.9 Å². The van der Waals surface area contributed by atoms with Crippen LogP contribution in [0.4, 0.5) is 8.78 Å². The van der Waals surface area contributed by atoms with Gasteiger partial charge in [0.1, 0.15) is 17.4 Å². The Labute approximate surface area is 173 Å². The number of ether oxygens (including phenoxy) is 1. The molecule has 1 amide bonds. The molecule has 152 valence electrons. The van der Waals surface area contributed by atoms with E-state index in [1.807, 2.05) is 0 Å². The summed E-state index contributed by atoms with van der Waals surface area (Å²) in [4.78, 5) is 12.5. The molecule has 1 atom stereocenters. The fraction of sp³-hybridized carbons (Fsp3) is 0.167. The van der Waals surface area contributed by atoms with Crippen LogP contribution in [0.1, 0.15) is 22.7 Å². The van der Waals surface area contributed by atoms with E-state index in [2.05, 4.69) is 11.4 Å². The van der Waals surface area contributed by atoms with E-state index in [9.17, 15) is 13.6 Å². The van der Waals surface area contributed by atoms with Gasteiger partial charge in [-0.3, -0.25) is 4.79 Å². The first-order valence-corrected chi connectivity index (χ1v) is 9.41. The number of nitrogens with zero attached hydrogens (tertiary/aromatic N) is 1. The van der Waals surface area contributed by atoms with E-state index >= 15 is 0 Å². The summed E-state index contributed by atoms with van der Waals surface area (Å²) in [6.07, 6.45) is 0.603. The van der Waals surface area contributed by atoms with E-state index in [-0.39, 0.29) is 18.3 Å². The van der Waals surface area contributed by atoms with E-state index in [4.69, 9.17) is 10.00 Å². The lowest BCUT2D eigenvalue weighted by Gasteiger charge is -2.20. The van der Waals surface area contributed by atoms with Gasteiger partial charge in [-0.2, -0.15) is 5.26 Å². The van der Waals surface area contributed by atoms with Gasteiger partial charge in [-0.05, 0) is 59.5 Å². The summed E-state index contributed by atoms with van der Waals surface area (Å²) in [5.74, 6) is -0.680. The summed E-state index contributed by atoms with van der Waals surface area (Å²) in [5, 5.41) is 11.5. The van der Waals surface area contributed by atoms with Gasteiger partial charge in [-0.15, -0.1) is 0 Å². The Hall–Kier alpha value is -3.72. The Kier molecular flexibility index (Phi) is 7.12. The zero-order chi connectivity index (χ0) is 21.3. The molecule has 0 bridgehead atoms. The van der Waals surface area contributed by atoms with Gasteiger partial charge in [0.2, 0.25) is 0 Å². The molecule has 0 spiro atoms. The molecule has 3 aromatic carbocycles. The molecule has 0 saturated heterocycles. The highest BCUT2D eigenvalue weighted by atomic mass is 19.1. The monoisotopic (exact) mass is 406 g/mol. The molecule has 4 nitrogen and oxygen atoms in total. The standard InChI is InChI=1S/C24H20F2N2O2/c25-20-5-1-3-18(13-20)14-23(19-4-2-6-21(26)15-19)28-24(29)16-30-22-9-7-17(8-10-22)11-12-27/h1-10,13,15,23H,11,14,16H2,(H,28,29). The average Bonchev–Trinajstić information content (AvgIpc) is 2.73. The van der Waals surface area contributed by atoms with Crippen molar-refractivity contribution in [2.45, 2.75) is 18.9 Å². The smallest absolute Gasteiger partial charge is 0.258 e. The molecular formula is C24H20F2N2O2. The molecule has 30 heavy (non-hydrogen) atoms. The second kappa shape index (κ2) is 10.2. The van der Waals surface area contributed by atoms with Crippen LogP contribution in [0.5, 0.6) is 5.75 Å². The van der Waals surface area contributed by atoms with Crippen LogP contribution >= 0.6 is 0 Å². The van der Waals surface area contributed by atoms with Gasteiger partial charge in [-0.25, -0.2) is 8.78 Å². The number of hydrogen-bond donors (Lipinski definition) is 1. The molecule has 1 N–H and O–H groups in total. The lowest BCUT2D eigenvalue weighted by Crippen LogP contribution is -2.33. The zero-order valence-electron chi connectivity index (χ0n) is 16.1. The Morgan fingerprint density at radius 3 is 2.33 bits per heavy atom. The molecule has 3 aromatic rings. The Morgan fingerprint density at radius 1 is 0.967 bits per heavy atom. The highest BCUT2D eigenvalue weighted by Gasteiger charge is 2.17. The maximum atomic E-state index is 13.7. The second-order valence-electron chi connectivity index (χ2n) is 6.78. The van der Waals surface area contributed by atoms with Gasteiger partial charge < -0.3 is 10.1 Å². The van der Waals surface area contributed by atoms with Crippen LogP contribution in [0.2, 0.25) is 0 Å². The number of carbonyl (C=O) groups is 1. The molecule has 1 unspecified atom stereocenters. The predicted molar refractivity (Wildman–Crippen MR) is 109 cm³/mol. The van der Waals surface area contributed by atoms with Crippen molar-refractivity contribution in [3.8, 4) is 11.8 Å². The molecule has 0 aliphatic carbocycles. The van der Waals surface area contributed by atoms with Gasteiger partial charge in [0.15, 0.2) is 6.61 Å². The van der Waals surface area contributed by atoms with Gasteiger partial charge in [0, 0.05) is 0 Å². The first-order valence-electron chi connectivity index (χ1n) is 9.41. The van der Waals surface area contributed by atoms with Crippen LogP contribution in [0.25, 0.3) is 0 Å². The molecule has 0 saturated carbocycles. The van der Waals surface area contributed by atoms with Crippen LogP contribution < -0.4 is 10.1 Å². The molecule has 6 heteroatoms. The summed E-state index contributed by atoms with van der Waals surface area (Å²) in [6.45, 7) is -0.230. The topological polar surface area (TPSA) is 62.1 Å². The molecule has 0 aliphatic rings. The van der Waals surface area contributed by atoms with Crippen molar-refractivity contribution in [2.24, 2.45) is 0 Å². The van der Waals surface area contributed by atoms with Crippen LogP contribution in [0.3, 0.4) is 0 Å². The maximum Gasteiger partial charge on any atom is 0.258 e. The van der Waals surface area contributed by atoms with Crippen molar-refractivity contribution in [1.82, 2.24) is 5.32 Å². The van der Waals surface area contributed by atoms with E-state index in [0.717, 1.165) is 5.56 Å². The SMILES string of the molecule is N#CCc1ccc(OCC(=O)NC(Cc2cccc(F)c2)c2cccc(F)c2)cc1. The molecule has 0 aromatic heterocycles. The highest BCUT2D eigenvalue weighted by Crippen LogP contribution is 2.20. The van der Waals surface area contributed by atoms with Crippen molar-refractivity contribution in [1.29, 1.82) is 5.26 Å². The fourth-order valence-electron chi connectivity index (χ4n) is 3.05. The van der Waals surface area contributed by atoms with Crippen molar-refractivity contribution in [2.75, 3.05) is 6.61 Å². The van der Waals surface area contributed by atoms with Crippen molar-refractivity contribution < 1.29 is 18.3 Å². The Balaban J connectivity index is 1.67. The first kappa shape index (κ1) is 21.0. The number of carbonyl (C=O) groups excluding carboxylic acids is 1. The summed E-state index contributed by atoms with van der Waals surface area (Å²) in [6, 6.07) is 20.4. The fourth-order valence-corrected chi connectivity index (χ4v) is 3.05. The minimum atomic E-state index is -0.545. The maximum absolute atomic E-state index is 13.7. The summed E-state index contributed by atoms with van der Waals surface area (Å²) < 4.78 is 32.8. The normalized spacial score (nSPS) is 11.4. The minimum absolute atomic E-state index is 0.230. The third kappa shape index (κ3) is 6.14.